The first kappa shape index (κ1) is 15.5. The number of aromatic nitrogens is 1. The molecule has 1 aromatic heterocycles. The summed E-state index contributed by atoms with van der Waals surface area (Å²) in [6, 6.07) is 2.36. The van der Waals surface area contributed by atoms with Crippen LogP contribution in [0.5, 0.6) is 0 Å². The van der Waals surface area contributed by atoms with E-state index >= 15 is 0 Å². The Morgan fingerprint density at radius 2 is 2.10 bits per heavy atom. The minimum absolute atomic E-state index is 0.339. The van der Waals surface area contributed by atoms with Crippen LogP contribution in [0.2, 0.25) is 0 Å². The Hall–Kier alpha value is -0.890. The van der Waals surface area contributed by atoms with E-state index in [9.17, 15) is 8.42 Å². The lowest BCUT2D eigenvalue weighted by Crippen LogP contribution is -2.31. The number of likely N-dealkylation sites (N-methyl/N-ethyl adjacent to an activating group) is 1. The lowest BCUT2D eigenvalue weighted by atomic mass is 10.4. The number of hydrogen-bond donors (Lipinski definition) is 2. The second kappa shape index (κ2) is 6.26. The van der Waals surface area contributed by atoms with Crippen LogP contribution in [0.1, 0.15) is 18.5 Å². The molecule has 1 aliphatic carbocycles. The number of nitrogens with zero attached hydrogens (tertiary/aromatic N) is 2. The maximum atomic E-state index is 12.2. The molecule has 1 heterocycles. The third-order valence-electron chi connectivity index (χ3n) is 3.39. The summed E-state index contributed by atoms with van der Waals surface area (Å²) in [6.07, 6.45) is 4.12. The number of nitrogens with one attached hydrogen (secondary N) is 2. The van der Waals surface area contributed by atoms with Crippen LogP contribution in [0.15, 0.2) is 17.2 Å². The van der Waals surface area contributed by atoms with Crippen LogP contribution >= 0.6 is 0 Å². The number of sulfonamides is 1. The third-order valence-corrected chi connectivity index (χ3v) is 4.82. The molecule has 114 valence electrons. The number of rotatable bonds is 8. The van der Waals surface area contributed by atoms with Crippen molar-refractivity contribution in [2.45, 2.75) is 30.3 Å². The highest BCUT2D eigenvalue weighted by Crippen LogP contribution is 2.20. The topological polar surface area (TPSA) is 66.4 Å². The molecule has 0 spiro atoms. The van der Waals surface area contributed by atoms with Crippen LogP contribution in [-0.4, -0.2) is 51.1 Å². The highest BCUT2D eigenvalue weighted by atomic mass is 32.2. The average molecular weight is 300 g/mol. The van der Waals surface area contributed by atoms with Crippen LogP contribution < -0.4 is 10.0 Å². The molecule has 2 rings (SSSR count). The summed E-state index contributed by atoms with van der Waals surface area (Å²) in [7, 11) is 2.30. The van der Waals surface area contributed by atoms with Gasteiger partial charge in [-0.3, -0.25) is 0 Å². The molecule has 6 nitrogen and oxygen atoms in total. The van der Waals surface area contributed by atoms with Crippen LogP contribution in [-0.2, 0) is 23.6 Å². The lowest BCUT2D eigenvalue weighted by molar-refractivity contribution is 0.412. The predicted octanol–water partition coefficient (Wildman–Crippen LogP) is 0.117. The molecule has 0 amide bonds. The van der Waals surface area contributed by atoms with Crippen molar-refractivity contribution in [3.05, 3.63) is 18.0 Å². The van der Waals surface area contributed by atoms with Gasteiger partial charge in [0.25, 0.3) is 0 Å². The Kier molecular flexibility index (Phi) is 4.85. The quantitative estimate of drug-likeness (QED) is 0.715. The molecule has 1 fully saturated rings. The molecular weight excluding hydrogens is 276 g/mol. The van der Waals surface area contributed by atoms with Gasteiger partial charge in [-0.05, 0) is 33.0 Å². The molecule has 0 atom stereocenters. The van der Waals surface area contributed by atoms with Gasteiger partial charge in [-0.25, -0.2) is 13.1 Å². The number of hydrogen-bond acceptors (Lipinski definition) is 4. The Morgan fingerprint density at radius 1 is 1.40 bits per heavy atom. The highest BCUT2D eigenvalue weighted by Gasteiger charge is 2.22. The molecular formula is C13H24N4O2S. The SMILES string of the molecule is CN(C)CCNS(=O)(=O)c1cc(CNC2CC2)n(C)c1. The fourth-order valence-corrected chi connectivity index (χ4v) is 3.04. The van der Waals surface area contributed by atoms with E-state index in [1.54, 1.807) is 12.3 Å². The van der Waals surface area contributed by atoms with E-state index < -0.39 is 10.0 Å². The van der Waals surface area contributed by atoms with Gasteiger partial charge in [-0.15, -0.1) is 0 Å². The van der Waals surface area contributed by atoms with E-state index in [-0.39, 0.29) is 0 Å². The smallest absolute Gasteiger partial charge is 0.242 e. The molecule has 0 bridgehead atoms. The van der Waals surface area contributed by atoms with Crippen molar-refractivity contribution in [2.75, 3.05) is 27.2 Å². The van der Waals surface area contributed by atoms with Gasteiger partial charge in [-0.1, -0.05) is 0 Å². The van der Waals surface area contributed by atoms with E-state index in [0.717, 1.165) is 5.69 Å². The minimum Gasteiger partial charge on any atom is -0.352 e. The standard InChI is InChI=1S/C13H24N4O2S/c1-16(2)7-6-15-20(18,19)13-8-12(17(3)10-13)9-14-11-4-5-11/h8,10-11,14-15H,4-7,9H2,1-3H3. The monoisotopic (exact) mass is 300 g/mol. The molecule has 1 aromatic rings. The predicted molar refractivity (Wildman–Crippen MR) is 79.0 cm³/mol. The van der Waals surface area contributed by atoms with Crippen LogP contribution in [0.25, 0.3) is 0 Å². The minimum atomic E-state index is -3.41. The van der Waals surface area contributed by atoms with E-state index in [2.05, 4.69) is 10.0 Å². The maximum Gasteiger partial charge on any atom is 0.242 e. The van der Waals surface area contributed by atoms with Crippen molar-refractivity contribution < 1.29 is 8.42 Å². The van der Waals surface area contributed by atoms with Crippen LogP contribution in [0, 0.1) is 0 Å². The molecule has 7 heteroatoms. The summed E-state index contributed by atoms with van der Waals surface area (Å²) in [5.74, 6) is 0. The van der Waals surface area contributed by atoms with Gasteiger partial charge >= 0.3 is 0 Å². The Balaban J connectivity index is 1.97. The summed E-state index contributed by atoms with van der Waals surface area (Å²) >= 11 is 0. The first-order chi connectivity index (χ1) is 9.38. The van der Waals surface area contributed by atoms with Crippen molar-refractivity contribution in [3.8, 4) is 0 Å². The summed E-state index contributed by atoms with van der Waals surface area (Å²) < 4.78 is 28.8. The lowest BCUT2D eigenvalue weighted by Gasteiger charge is -2.10. The van der Waals surface area contributed by atoms with Crippen molar-refractivity contribution in [2.24, 2.45) is 7.05 Å². The van der Waals surface area contributed by atoms with Crippen molar-refractivity contribution in [1.29, 1.82) is 0 Å². The Bertz CT molecular complexity index is 547. The summed E-state index contributed by atoms with van der Waals surface area (Å²) in [5, 5.41) is 3.39. The first-order valence-corrected chi connectivity index (χ1v) is 8.40. The molecule has 0 radical (unpaired) electrons. The van der Waals surface area contributed by atoms with E-state index in [1.807, 2.05) is 30.6 Å². The molecule has 0 aliphatic heterocycles. The number of aryl methyl sites for hydroxylation is 1. The summed E-state index contributed by atoms with van der Waals surface area (Å²) in [6.45, 7) is 1.82. The van der Waals surface area contributed by atoms with Gasteiger partial charge in [-0.2, -0.15) is 0 Å². The van der Waals surface area contributed by atoms with E-state index in [0.29, 0.717) is 30.6 Å². The summed E-state index contributed by atoms with van der Waals surface area (Å²) in [5.41, 5.74) is 0.991. The zero-order valence-corrected chi connectivity index (χ0v) is 13.2. The molecule has 0 unspecified atom stereocenters. The first-order valence-electron chi connectivity index (χ1n) is 6.91. The second-order valence-electron chi connectivity index (χ2n) is 5.63. The molecule has 0 aromatic carbocycles. The van der Waals surface area contributed by atoms with Crippen LogP contribution in [0.4, 0.5) is 0 Å². The van der Waals surface area contributed by atoms with Crippen molar-refractivity contribution in [3.63, 3.8) is 0 Å². The zero-order valence-electron chi connectivity index (χ0n) is 12.4. The normalized spacial score (nSPS) is 16.0. The third kappa shape index (κ3) is 4.31. The molecule has 1 saturated carbocycles. The van der Waals surface area contributed by atoms with Gasteiger partial charge in [0.15, 0.2) is 0 Å². The Labute approximate surface area is 121 Å². The van der Waals surface area contributed by atoms with E-state index in [1.165, 1.54) is 12.8 Å². The van der Waals surface area contributed by atoms with Crippen molar-refractivity contribution >= 4 is 10.0 Å². The zero-order chi connectivity index (χ0) is 14.8. The Morgan fingerprint density at radius 3 is 2.70 bits per heavy atom. The van der Waals surface area contributed by atoms with Gasteiger partial charge in [0, 0.05) is 44.6 Å². The highest BCUT2D eigenvalue weighted by molar-refractivity contribution is 7.89. The summed E-state index contributed by atoms with van der Waals surface area (Å²) in [4.78, 5) is 2.28. The molecule has 2 N–H and O–H groups in total. The van der Waals surface area contributed by atoms with E-state index in [4.69, 9.17) is 0 Å². The fourth-order valence-electron chi connectivity index (χ4n) is 1.92. The second-order valence-corrected chi connectivity index (χ2v) is 7.40. The van der Waals surface area contributed by atoms with Gasteiger partial charge < -0.3 is 14.8 Å². The van der Waals surface area contributed by atoms with Gasteiger partial charge in [0.1, 0.15) is 0 Å². The van der Waals surface area contributed by atoms with Gasteiger partial charge in [0.05, 0.1) is 4.90 Å². The molecule has 0 saturated heterocycles. The fraction of sp³-hybridized carbons (Fsp3) is 0.692. The largest absolute Gasteiger partial charge is 0.352 e. The van der Waals surface area contributed by atoms with Crippen molar-refractivity contribution in [1.82, 2.24) is 19.5 Å². The molecule has 20 heavy (non-hydrogen) atoms. The molecule has 1 aliphatic rings. The van der Waals surface area contributed by atoms with Crippen LogP contribution in [0.3, 0.4) is 0 Å². The maximum absolute atomic E-state index is 12.2. The van der Waals surface area contributed by atoms with Gasteiger partial charge in [0.2, 0.25) is 10.0 Å². The average Bonchev–Trinajstić information content (AvgIpc) is 3.09.